The highest BCUT2D eigenvalue weighted by molar-refractivity contribution is 5.92. The molecule has 1 saturated heterocycles. The summed E-state index contributed by atoms with van der Waals surface area (Å²) in [4.78, 5) is 42.6. The van der Waals surface area contributed by atoms with E-state index < -0.39 is 0 Å². The van der Waals surface area contributed by atoms with Crippen LogP contribution in [-0.4, -0.2) is 37.9 Å². The van der Waals surface area contributed by atoms with Crippen molar-refractivity contribution >= 4 is 23.1 Å². The number of nitrogens with one attached hydrogen (secondary N) is 2. The van der Waals surface area contributed by atoms with Gasteiger partial charge in [-0.2, -0.15) is 0 Å². The van der Waals surface area contributed by atoms with Crippen LogP contribution in [0, 0.1) is 13.8 Å². The molecule has 0 radical (unpaired) electrons. The SMILES string of the molecule is Cc1nc2cc(=O)[nH]n2c(C)c1CC(=O)Nc1cccc(CN2CCCCC2=O)c1. The van der Waals surface area contributed by atoms with Crippen LogP contribution < -0.4 is 10.9 Å². The highest BCUT2D eigenvalue weighted by Gasteiger charge is 2.18. The molecule has 0 spiro atoms. The van der Waals surface area contributed by atoms with Gasteiger partial charge in [-0.1, -0.05) is 12.1 Å². The maximum atomic E-state index is 12.7. The highest BCUT2D eigenvalue weighted by atomic mass is 16.2. The Hall–Kier alpha value is -3.42. The van der Waals surface area contributed by atoms with Gasteiger partial charge in [-0.05, 0) is 44.4 Å². The molecule has 0 unspecified atom stereocenters. The lowest BCUT2D eigenvalue weighted by molar-refractivity contribution is -0.133. The summed E-state index contributed by atoms with van der Waals surface area (Å²) in [6.45, 7) is 5.03. The number of nitrogens with zero attached hydrogens (tertiary/aromatic N) is 3. The monoisotopic (exact) mass is 407 g/mol. The number of aromatic nitrogens is 3. The molecule has 1 aliphatic heterocycles. The van der Waals surface area contributed by atoms with E-state index in [1.165, 1.54) is 6.07 Å². The van der Waals surface area contributed by atoms with Gasteiger partial charge < -0.3 is 10.2 Å². The molecule has 0 bridgehead atoms. The molecular weight excluding hydrogens is 382 g/mol. The number of carbonyl (C=O) groups excluding carboxylic acids is 2. The number of likely N-dealkylation sites (tertiary alicyclic amines) is 1. The fourth-order valence-electron chi connectivity index (χ4n) is 3.97. The van der Waals surface area contributed by atoms with Crippen LogP contribution in [0.5, 0.6) is 0 Å². The lowest BCUT2D eigenvalue weighted by Crippen LogP contribution is -2.34. The van der Waals surface area contributed by atoms with E-state index in [1.807, 2.05) is 43.0 Å². The zero-order valence-corrected chi connectivity index (χ0v) is 17.2. The third kappa shape index (κ3) is 4.12. The quantitative estimate of drug-likeness (QED) is 0.678. The summed E-state index contributed by atoms with van der Waals surface area (Å²) in [6.07, 6.45) is 2.75. The summed E-state index contributed by atoms with van der Waals surface area (Å²) in [5, 5.41) is 5.64. The van der Waals surface area contributed by atoms with Crippen LogP contribution in [0.25, 0.3) is 5.65 Å². The molecule has 156 valence electrons. The molecule has 2 N–H and O–H groups in total. The average Bonchev–Trinajstić information content (AvgIpc) is 3.07. The van der Waals surface area contributed by atoms with E-state index in [1.54, 1.807) is 4.52 Å². The molecule has 8 heteroatoms. The third-order valence-electron chi connectivity index (χ3n) is 5.55. The normalized spacial score (nSPS) is 14.3. The first kappa shape index (κ1) is 19.9. The van der Waals surface area contributed by atoms with Crippen molar-refractivity contribution in [1.29, 1.82) is 0 Å². The lowest BCUT2D eigenvalue weighted by atomic mass is 10.1. The summed E-state index contributed by atoms with van der Waals surface area (Å²) in [5.74, 6) is 0.0237. The van der Waals surface area contributed by atoms with Gasteiger partial charge in [0.15, 0.2) is 5.65 Å². The topological polar surface area (TPSA) is 99.6 Å². The predicted octanol–water partition coefficient (Wildman–Crippen LogP) is 2.33. The fourth-order valence-corrected chi connectivity index (χ4v) is 3.97. The Morgan fingerprint density at radius 1 is 1.20 bits per heavy atom. The minimum atomic E-state index is -0.226. The van der Waals surface area contributed by atoms with Gasteiger partial charge in [0.05, 0.1) is 6.42 Å². The van der Waals surface area contributed by atoms with Gasteiger partial charge in [-0.15, -0.1) is 0 Å². The van der Waals surface area contributed by atoms with E-state index >= 15 is 0 Å². The summed E-state index contributed by atoms with van der Waals surface area (Å²) in [6, 6.07) is 9.02. The van der Waals surface area contributed by atoms with Crippen LogP contribution in [0.1, 0.15) is 41.8 Å². The maximum absolute atomic E-state index is 12.7. The minimum Gasteiger partial charge on any atom is -0.338 e. The molecule has 0 saturated carbocycles. The maximum Gasteiger partial charge on any atom is 0.266 e. The number of hydrogen-bond donors (Lipinski definition) is 2. The molecule has 2 aromatic heterocycles. The number of benzene rings is 1. The van der Waals surface area contributed by atoms with Crippen molar-refractivity contribution in [3.05, 3.63) is 63.2 Å². The summed E-state index contributed by atoms with van der Waals surface area (Å²) < 4.78 is 1.61. The number of aryl methyl sites for hydroxylation is 2. The lowest BCUT2D eigenvalue weighted by Gasteiger charge is -2.26. The van der Waals surface area contributed by atoms with E-state index in [4.69, 9.17) is 0 Å². The number of aromatic amines is 1. The number of piperidine rings is 1. The van der Waals surface area contributed by atoms with E-state index in [9.17, 15) is 14.4 Å². The van der Waals surface area contributed by atoms with Crippen molar-refractivity contribution in [1.82, 2.24) is 19.5 Å². The molecule has 0 aliphatic carbocycles. The van der Waals surface area contributed by atoms with Gasteiger partial charge in [0.1, 0.15) is 0 Å². The minimum absolute atomic E-state index is 0.148. The number of anilines is 1. The van der Waals surface area contributed by atoms with Crippen molar-refractivity contribution in [3.63, 3.8) is 0 Å². The number of fused-ring (bicyclic) bond motifs is 1. The highest BCUT2D eigenvalue weighted by Crippen LogP contribution is 2.18. The summed E-state index contributed by atoms with van der Waals surface area (Å²) in [7, 11) is 0. The van der Waals surface area contributed by atoms with E-state index in [-0.39, 0.29) is 23.8 Å². The molecule has 1 aliphatic rings. The molecule has 3 heterocycles. The molecule has 8 nitrogen and oxygen atoms in total. The van der Waals surface area contributed by atoms with E-state index in [0.29, 0.717) is 24.3 Å². The number of carbonyl (C=O) groups is 2. The van der Waals surface area contributed by atoms with Crippen LogP contribution in [0.2, 0.25) is 0 Å². The van der Waals surface area contributed by atoms with Gasteiger partial charge in [-0.3, -0.25) is 19.5 Å². The van der Waals surface area contributed by atoms with Gasteiger partial charge in [0.2, 0.25) is 11.8 Å². The molecule has 4 rings (SSSR count). The van der Waals surface area contributed by atoms with Gasteiger partial charge >= 0.3 is 0 Å². The zero-order chi connectivity index (χ0) is 21.3. The van der Waals surface area contributed by atoms with Crippen molar-refractivity contribution in [2.75, 3.05) is 11.9 Å². The standard InChI is InChI=1S/C22H25N5O3/c1-14-18(15(2)27-19(23-14)12-21(29)25-27)11-20(28)24-17-7-5-6-16(10-17)13-26-9-4-3-8-22(26)30/h5-7,10,12H,3-4,8-9,11,13H2,1-2H3,(H,24,28)(H,25,29). The second-order valence-electron chi connectivity index (χ2n) is 7.77. The molecule has 30 heavy (non-hydrogen) atoms. The number of rotatable bonds is 5. The first-order chi connectivity index (χ1) is 14.4. The van der Waals surface area contributed by atoms with Gasteiger partial charge in [-0.25, -0.2) is 9.50 Å². The van der Waals surface area contributed by atoms with Crippen molar-refractivity contribution in [2.24, 2.45) is 0 Å². The Labute approximate surface area is 173 Å². The first-order valence-electron chi connectivity index (χ1n) is 10.1. The third-order valence-corrected chi connectivity index (χ3v) is 5.55. The zero-order valence-electron chi connectivity index (χ0n) is 17.2. The molecule has 3 aromatic rings. The Morgan fingerprint density at radius 3 is 2.83 bits per heavy atom. The number of H-pyrrole nitrogens is 1. The number of amides is 2. The van der Waals surface area contributed by atoms with Crippen LogP contribution >= 0.6 is 0 Å². The molecule has 1 fully saturated rings. The average molecular weight is 407 g/mol. The van der Waals surface area contributed by atoms with Crippen molar-refractivity contribution < 1.29 is 9.59 Å². The Morgan fingerprint density at radius 2 is 2.03 bits per heavy atom. The van der Waals surface area contributed by atoms with Crippen molar-refractivity contribution in [3.8, 4) is 0 Å². The van der Waals surface area contributed by atoms with Crippen LogP contribution in [-0.2, 0) is 22.6 Å². The van der Waals surface area contributed by atoms with Crippen LogP contribution in [0.4, 0.5) is 5.69 Å². The number of hydrogen-bond acceptors (Lipinski definition) is 4. The van der Waals surface area contributed by atoms with Gasteiger partial charge in [0, 0.05) is 48.2 Å². The summed E-state index contributed by atoms with van der Waals surface area (Å²) in [5.41, 5.74) is 4.28. The largest absolute Gasteiger partial charge is 0.338 e. The Kier molecular flexibility index (Phi) is 5.39. The van der Waals surface area contributed by atoms with E-state index in [2.05, 4.69) is 15.4 Å². The molecular formula is C22H25N5O3. The first-order valence-corrected chi connectivity index (χ1v) is 10.1. The second-order valence-corrected chi connectivity index (χ2v) is 7.77. The van der Waals surface area contributed by atoms with E-state index in [0.717, 1.165) is 41.9 Å². The Balaban J connectivity index is 1.47. The van der Waals surface area contributed by atoms with Gasteiger partial charge in [0.25, 0.3) is 5.56 Å². The smallest absolute Gasteiger partial charge is 0.266 e. The molecule has 1 aromatic carbocycles. The van der Waals surface area contributed by atoms with Crippen LogP contribution in [0.15, 0.2) is 35.1 Å². The predicted molar refractivity (Wildman–Crippen MR) is 113 cm³/mol. The van der Waals surface area contributed by atoms with Crippen LogP contribution in [0.3, 0.4) is 0 Å². The molecule has 0 atom stereocenters. The fraction of sp³-hybridized carbons (Fsp3) is 0.364. The summed E-state index contributed by atoms with van der Waals surface area (Å²) >= 11 is 0. The van der Waals surface area contributed by atoms with Crippen molar-refractivity contribution in [2.45, 2.75) is 46.1 Å². The Bertz CT molecular complexity index is 1180. The second kappa shape index (κ2) is 8.14. The molecule has 2 amide bonds.